The van der Waals surface area contributed by atoms with Gasteiger partial charge in [0.05, 0.1) is 11.0 Å². The number of nitrogens with one attached hydrogen (secondary N) is 2. The maximum absolute atomic E-state index is 12.6. The summed E-state index contributed by atoms with van der Waals surface area (Å²) in [5.74, 6) is -1.71. The van der Waals surface area contributed by atoms with Gasteiger partial charge in [-0.15, -0.1) is 0 Å². The summed E-state index contributed by atoms with van der Waals surface area (Å²) < 4.78 is 9.85. The van der Waals surface area contributed by atoms with Gasteiger partial charge in [-0.3, -0.25) is 14.8 Å². The number of rotatable bonds is 3. The van der Waals surface area contributed by atoms with Crippen LogP contribution in [0.1, 0.15) is 15.9 Å². The molecule has 0 aliphatic heterocycles. The molecule has 126 valence electrons. The van der Waals surface area contributed by atoms with Gasteiger partial charge in [0.2, 0.25) is 5.78 Å². The van der Waals surface area contributed by atoms with Gasteiger partial charge in [-0.1, -0.05) is 6.07 Å². The minimum Gasteiger partial charge on any atom is -0.408 e. The lowest BCUT2D eigenvalue weighted by molar-refractivity contribution is 0.104. The lowest BCUT2D eigenvalue weighted by atomic mass is 10.0. The Morgan fingerprint density at radius 1 is 0.962 bits per heavy atom. The van der Waals surface area contributed by atoms with Crippen molar-refractivity contribution in [3.05, 3.63) is 74.2 Å². The second-order valence-corrected chi connectivity index (χ2v) is 5.49. The van der Waals surface area contributed by atoms with Crippen molar-refractivity contribution in [2.45, 2.75) is 0 Å². The summed E-state index contributed by atoms with van der Waals surface area (Å²) in [5.41, 5.74) is 2.19. The predicted molar refractivity (Wildman–Crippen MR) is 91.6 cm³/mol. The molecule has 0 saturated carbocycles. The molecule has 4 aromatic rings. The Hall–Kier alpha value is -4.12. The van der Waals surface area contributed by atoms with E-state index in [1.165, 1.54) is 24.3 Å². The van der Waals surface area contributed by atoms with Gasteiger partial charge in [-0.25, -0.2) is 9.59 Å². The first-order valence-corrected chi connectivity index (χ1v) is 7.46. The summed E-state index contributed by atoms with van der Waals surface area (Å²) in [6, 6.07) is 11.1. The normalized spacial score (nSPS) is 11.7. The fourth-order valence-corrected chi connectivity index (χ4v) is 2.62. The van der Waals surface area contributed by atoms with E-state index in [-0.39, 0.29) is 11.1 Å². The third-order valence-corrected chi connectivity index (χ3v) is 3.80. The number of oxazole rings is 2. The van der Waals surface area contributed by atoms with Crippen LogP contribution in [0.25, 0.3) is 28.3 Å². The maximum Gasteiger partial charge on any atom is 0.417 e. The molecule has 0 spiro atoms. The number of hydrogen-bond acceptors (Lipinski definition) is 6. The largest absolute Gasteiger partial charge is 0.417 e. The Bertz CT molecular complexity index is 1360. The van der Waals surface area contributed by atoms with Gasteiger partial charge < -0.3 is 8.83 Å². The zero-order valence-electron chi connectivity index (χ0n) is 13.0. The molecule has 2 aromatic heterocycles. The first kappa shape index (κ1) is 15.4. The molecule has 26 heavy (non-hydrogen) atoms. The predicted octanol–water partition coefficient (Wildman–Crippen LogP) is 2.35. The van der Waals surface area contributed by atoms with Crippen molar-refractivity contribution in [2.24, 2.45) is 0 Å². The Balaban J connectivity index is 1.75. The quantitative estimate of drug-likeness (QED) is 0.332. The van der Waals surface area contributed by atoms with Crippen molar-refractivity contribution in [1.82, 2.24) is 9.97 Å². The van der Waals surface area contributed by atoms with Gasteiger partial charge in [-0.05, 0) is 42.0 Å². The number of benzene rings is 2. The van der Waals surface area contributed by atoms with E-state index in [0.717, 1.165) is 0 Å². The number of hydrogen-bond donors (Lipinski definition) is 2. The van der Waals surface area contributed by atoms with E-state index in [2.05, 4.69) is 9.97 Å². The summed E-state index contributed by atoms with van der Waals surface area (Å²) in [7, 11) is 0. The number of nitrogens with zero attached hydrogens (tertiary/aromatic N) is 1. The van der Waals surface area contributed by atoms with Gasteiger partial charge in [-0.2, -0.15) is 5.26 Å². The Kier molecular flexibility index (Phi) is 3.41. The molecule has 0 unspecified atom stereocenters. The fraction of sp³-hybridized carbons (Fsp3) is 0. The molecule has 2 aromatic carbocycles. The van der Waals surface area contributed by atoms with Crippen LogP contribution < -0.4 is 11.5 Å². The topological polar surface area (TPSA) is 133 Å². The van der Waals surface area contributed by atoms with Crippen LogP contribution in [0.4, 0.5) is 0 Å². The molecule has 8 heteroatoms. The third kappa shape index (κ3) is 2.63. The number of allylic oxidation sites excluding steroid dienone is 1. The second kappa shape index (κ2) is 5.75. The molecule has 0 amide bonds. The van der Waals surface area contributed by atoms with Crippen LogP contribution in [0.3, 0.4) is 0 Å². The number of carbonyl (C=O) groups is 1. The van der Waals surface area contributed by atoms with Crippen LogP contribution in [0.5, 0.6) is 0 Å². The molecule has 0 aliphatic carbocycles. The van der Waals surface area contributed by atoms with Crippen molar-refractivity contribution < 1.29 is 13.6 Å². The summed E-state index contributed by atoms with van der Waals surface area (Å²) in [4.78, 5) is 40.0. The van der Waals surface area contributed by atoms with E-state index in [0.29, 0.717) is 27.8 Å². The van der Waals surface area contributed by atoms with Crippen molar-refractivity contribution in [3.8, 4) is 6.07 Å². The Labute approximate surface area is 144 Å². The first-order chi connectivity index (χ1) is 12.5. The highest BCUT2D eigenvalue weighted by Gasteiger charge is 2.14. The van der Waals surface area contributed by atoms with E-state index in [4.69, 9.17) is 8.83 Å². The number of Topliss-reactive ketones (excluding diaryl/α,β-unsaturated/α-hetero) is 1. The van der Waals surface area contributed by atoms with Gasteiger partial charge in [0, 0.05) is 5.56 Å². The van der Waals surface area contributed by atoms with Crippen LogP contribution in [0, 0.1) is 11.3 Å². The van der Waals surface area contributed by atoms with E-state index < -0.39 is 17.3 Å². The van der Waals surface area contributed by atoms with Crippen molar-refractivity contribution >= 4 is 34.1 Å². The highest BCUT2D eigenvalue weighted by atomic mass is 16.4. The molecule has 2 N–H and O–H groups in total. The van der Waals surface area contributed by atoms with Crippen LogP contribution in [-0.2, 0) is 0 Å². The summed E-state index contributed by atoms with van der Waals surface area (Å²) in [6.07, 6.45) is 1.40. The Morgan fingerprint density at radius 2 is 1.69 bits per heavy atom. The van der Waals surface area contributed by atoms with Crippen LogP contribution in [-0.4, -0.2) is 15.8 Å². The number of fused-ring (bicyclic) bond motifs is 2. The maximum atomic E-state index is 12.6. The van der Waals surface area contributed by atoms with E-state index in [1.54, 1.807) is 18.2 Å². The smallest absolute Gasteiger partial charge is 0.408 e. The molecule has 8 nitrogen and oxygen atoms in total. The minimum atomic E-state index is -0.623. The molecule has 0 radical (unpaired) electrons. The number of ketones is 1. The molecular formula is C18H9N3O5. The number of carbonyl (C=O) groups excluding carboxylic acids is 1. The minimum absolute atomic E-state index is 0.104. The van der Waals surface area contributed by atoms with E-state index >= 15 is 0 Å². The molecule has 0 saturated heterocycles. The summed E-state index contributed by atoms with van der Waals surface area (Å²) in [6.45, 7) is 0. The molecule has 4 rings (SSSR count). The van der Waals surface area contributed by atoms with Crippen molar-refractivity contribution in [3.63, 3.8) is 0 Å². The molecule has 0 aliphatic rings. The second-order valence-electron chi connectivity index (χ2n) is 5.49. The fourth-order valence-electron chi connectivity index (χ4n) is 2.62. The number of nitriles is 1. The van der Waals surface area contributed by atoms with Gasteiger partial charge in [0.15, 0.2) is 11.2 Å². The third-order valence-electron chi connectivity index (χ3n) is 3.80. The molecule has 0 atom stereocenters. The van der Waals surface area contributed by atoms with Gasteiger partial charge in [0.25, 0.3) is 0 Å². The average Bonchev–Trinajstić information content (AvgIpc) is 3.18. The average molecular weight is 347 g/mol. The summed E-state index contributed by atoms with van der Waals surface area (Å²) in [5, 5.41) is 9.36. The number of aromatic amines is 2. The molecular weight excluding hydrogens is 338 g/mol. The van der Waals surface area contributed by atoms with Gasteiger partial charge in [0.1, 0.15) is 11.6 Å². The van der Waals surface area contributed by atoms with Crippen LogP contribution in [0.15, 0.2) is 60.4 Å². The van der Waals surface area contributed by atoms with Crippen LogP contribution in [0.2, 0.25) is 0 Å². The SMILES string of the molecule is N#C/C(=C\c1ccc2[nH]c(=O)oc2c1)C(=O)c1ccc2oc(=O)[nH]c2c1. The van der Waals surface area contributed by atoms with Crippen molar-refractivity contribution in [1.29, 1.82) is 5.26 Å². The monoisotopic (exact) mass is 347 g/mol. The highest BCUT2D eigenvalue weighted by Crippen LogP contribution is 2.19. The first-order valence-electron chi connectivity index (χ1n) is 7.46. The van der Waals surface area contributed by atoms with Gasteiger partial charge >= 0.3 is 11.5 Å². The lowest BCUT2D eigenvalue weighted by Gasteiger charge is -2.00. The number of aromatic nitrogens is 2. The molecule has 2 heterocycles. The highest BCUT2D eigenvalue weighted by molar-refractivity contribution is 6.15. The zero-order chi connectivity index (χ0) is 18.3. The van der Waals surface area contributed by atoms with Crippen molar-refractivity contribution in [2.75, 3.05) is 0 Å². The standard InChI is InChI=1S/C18H9N3O5/c19-8-11(5-9-1-3-12-15(6-9)26-17(23)20-12)16(22)10-2-4-14-13(7-10)21-18(24)25-14/h1-7H,(H,20,23)(H,21,24)/b11-5+. The van der Waals surface area contributed by atoms with E-state index in [1.807, 2.05) is 6.07 Å². The Morgan fingerprint density at radius 3 is 2.46 bits per heavy atom. The van der Waals surface area contributed by atoms with Crippen LogP contribution >= 0.6 is 0 Å². The lowest BCUT2D eigenvalue weighted by Crippen LogP contribution is -2.02. The van der Waals surface area contributed by atoms with E-state index in [9.17, 15) is 19.6 Å². The summed E-state index contributed by atoms with van der Waals surface area (Å²) >= 11 is 0. The molecule has 0 bridgehead atoms. The zero-order valence-corrected chi connectivity index (χ0v) is 13.0. The number of H-pyrrole nitrogens is 2. The molecule has 0 fully saturated rings.